The summed E-state index contributed by atoms with van der Waals surface area (Å²) in [7, 11) is 1.47. The van der Waals surface area contributed by atoms with Crippen LogP contribution in [0.25, 0.3) is 0 Å². The molecule has 1 aromatic rings. The average Bonchev–Trinajstić information content (AvgIpc) is 2.28. The molecule has 0 amide bonds. The SMILES string of the molecule is CCOC(=O)Cc1cc(F)cc(OC)c1CBr. The maximum Gasteiger partial charge on any atom is 0.310 e. The molecule has 0 bridgehead atoms. The number of ether oxygens (including phenoxy) is 2. The Morgan fingerprint density at radius 1 is 1.47 bits per heavy atom. The lowest BCUT2D eigenvalue weighted by atomic mass is 10.0. The third kappa shape index (κ3) is 3.70. The second-order valence-corrected chi connectivity index (χ2v) is 3.92. The van der Waals surface area contributed by atoms with Gasteiger partial charge in [0.25, 0.3) is 0 Å². The number of benzene rings is 1. The first kappa shape index (κ1) is 14.0. The van der Waals surface area contributed by atoms with Crippen LogP contribution in [0.15, 0.2) is 12.1 Å². The number of halogens is 2. The molecule has 0 unspecified atom stereocenters. The minimum absolute atomic E-state index is 0.0445. The van der Waals surface area contributed by atoms with Gasteiger partial charge in [-0.2, -0.15) is 0 Å². The predicted octanol–water partition coefficient (Wildman–Crippen LogP) is 2.83. The van der Waals surface area contributed by atoms with Crippen molar-refractivity contribution in [2.75, 3.05) is 13.7 Å². The van der Waals surface area contributed by atoms with E-state index in [1.54, 1.807) is 6.92 Å². The molecule has 3 nitrogen and oxygen atoms in total. The van der Waals surface area contributed by atoms with Crippen LogP contribution in [0.2, 0.25) is 0 Å². The number of carbonyl (C=O) groups excluding carboxylic acids is 1. The van der Waals surface area contributed by atoms with Gasteiger partial charge in [0.2, 0.25) is 0 Å². The van der Waals surface area contributed by atoms with Crippen LogP contribution in [-0.2, 0) is 21.3 Å². The molecule has 0 saturated heterocycles. The summed E-state index contributed by atoms with van der Waals surface area (Å²) in [5, 5.41) is 0.491. The van der Waals surface area contributed by atoms with E-state index in [-0.39, 0.29) is 12.4 Å². The van der Waals surface area contributed by atoms with Gasteiger partial charge in [0.15, 0.2) is 0 Å². The van der Waals surface area contributed by atoms with Crippen LogP contribution in [0.1, 0.15) is 18.1 Å². The van der Waals surface area contributed by atoms with Crippen LogP contribution in [0.3, 0.4) is 0 Å². The monoisotopic (exact) mass is 304 g/mol. The summed E-state index contributed by atoms with van der Waals surface area (Å²) < 4.78 is 23.2. The molecule has 0 saturated carbocycles. The van der Waals surface area contributed by atoms with Crippen molar-refractivity contribution in [2.45, 2.75) is 18.7 Å². The molecular formula is C12H14BrFO3. The third-order valence-electron chi connectivity index (χ3n) is 2.26. The molecule has 0 N–H and O–H groups in total. The van der Waals surface area contributed by atoms with Crippen LogP contribution < -0.4 is 4.74 Å². The van der Waals surface area contributed by atoms with E-state index in [4.69, 9.17) is 9.47 Å². The number of hydrogen-bond donors (Lipinski definition) is 0. The molecule has 0 aliphatic carbocycles. The zero-order chi connectivity index (χ0) is 12.8. The van der Waals surface area contributed by atoms with Crippen LogP contribution in [0, 0.1) is 5.82 Å². The van der Waals surface area contributed by atoms with Gasteiger partial charge in [0.1, 0.15) is 11.6 Å². The first-order chi connectivity index (χ1) is 8.12. The third-order valence-corrected chi connectivity index (χ3v) is 2.82. The van der Waals surface area contributed by atoms with E-state index in [1.165, 1.54) is 19.2 Å². The number of rotatable bonds is 5. The minimum Gasteiger partial charge on any atom is -0.496 e. The summed E-state index contributed by atoms with van der Waals surface area (Å²) in [5.41, 5.74) is 1.35. The summed E-state index contributed by atoms with van der Waals surface area (Å²) in [5.74, 6) is -0.366. The lowest BCUT2D eigenvalue weighted by Gasteiger charge is -2.12. The maximum atomic E-state index is 13.3. The number of alkyl halides is 1. The Morgan fingerprint density at radius 3 is 2.71 bits per heavy atom. The highest BCUT2D eigenvalue weighted by molar-refractivity contribution is 9.08. The van der Waals surface area contributed by atoms with Gasteiger partial charge in [-0.3, -0.25) is 4.79 Å². The van der Waals surface area contributed by atoms with Gasteiger partial charge >= 0.3 is 5.97 Å². The Kier molecular flexibility index (Phi) is 5.41. The van der Waals surface area contributed by atoms with Gasteiger partial charge in [0, 0.05) is 17.0 Å². The van der Waals surface area contributed by atoms with Crippen LogP contribution in [0.5, 0.6) is 5.75 Å². The molecule has 0 radical (unpaired) electrons. The smallest absolute Gasteiger partial charge is 0.310 e. The molecule has 0 spiro atoms. The quantitative estimate of drug-likeness (QED) is 0.620. The summed E-state index contributed by atoms with van der Waals surface area (Å²) in [6, 6.07) is 2.63. The molecule has 17 heavy (non-hydrogen) atoms. The van der Waals surface area contributed by atoms with E-state index in [2.05, 4.69) is 15.9 Å². The zero-order valence-corrected chi connectivity index (χ0v) is 11.3. The topological polar surface area (TPSA) is 35.5 Å². The molecule has 94 valence electrons. The standard InChI is InChI=1S/C12H14BrFO3/c1-3-17-12(15)5-8-4-9(14)6-11(16-2)10(8)7-13/h4,6H,3,5,7H2,1-2H3. The molecule has 1 rings (SSSR count). The van der Waals surface area contributed by atoms with E-state index in [1.807, 2.05) is 0 Å². The van der Waals surface area contributed by atoms with Crippen molar-refractivity contribution in [1.82, 2.24) is 0 Å². The fourth-order valence-corrected chi connectivity index (χ4v) is 2.16. The van der Waals surface area contributed by atoms with Gasteiger partial charge in [-0.05, 0) is 18.6 Å². The zero-order valence-electron chi connectivity index (χ0n) is 9.76. The van der Waals surface area contributed by atoms with Gasteiger partial charge in [-0.15, -0.1) is 0 Å². The Balaban J connectivity index is 3.04. The van der Waals surface area contributed by atoms with Crippen molar-refractivity contribution in [3.05, 3.63) is 29.1 Å². The van der Waals surface area contributed by atoms with Crippen molar-refractivity contribution in [3.8, 4) is 5.75 Å². The van der Waals surface area contributed by atoms with Crippen molar-refractivity contribution < 1.29 is 18.7 Å². The van der Waals surface area contributed by atoms with Crippen LogP contribution in [0.4, 0.5) is 4.39 Å². The number of carbonyl (C=O) groups is 1. The van der Waals surface area contributed by atoms with Crippen LogP contribution >= 0.6 is 15.9 Å². The van der Waals surface area contributed by atoms with Crippen molar-refractivity contribution in [1.29, 1.82) is 0 Å². The minimum atomic E-state index is -0.425. The number of esters is 1. The summed E-state index contributed by atoms with van der Waals surface area (Å²) in [6.07, 6.45) is 0.0445. The first-order valence-corrected chi connectivity index (χ1v) is 6.31. The molecule has 5 heteroatoms. The second-order valence-electron chi connectivity index (χ2n) is 3.36. The first-order valence-electron chi connectivity index (χ1n) is 5.19. The van der Waals surface area contributed by atoms with Crippen LogP contribution in [-0.4, -0.2) is 19.7 Å². The molecule has 0 aliphatic rings. The fraction of sp³-hybridized carbons (Fsp3) is 0.417. The van der Waals surface area contributed by atoms with Crippen molar-refractivity contribution in [3.63, 3.8) is 0 Å². The maximum absolute atomic E-state index is 13.3. The van der Waals surface area contributed by atoms with E-state index in [0.29, 0.717) is 23.2 Å². The van der Waals surface area contributed by atoms with Gasteiger partial charge in [-0.25, -0.2) is 4.39 Å². The molecular weight excluding hydrogens is 291 g/mol. The van der Waals surface area contributed by atoms with Crippen molar-refractivity contribution in [2.24, 2.45) is 0 Å². The Labute approximate surface area is 108 Å². The normalized spacial score (nSPS) is 10.1. The van der Waals surface area contributed by atoms with E-state index in [0.717, 1.165) is 5.56 Å². The summed E-state index contributed by atoms with van der Waals surface area (Å²) >= 11 is 3.30. The largest absolute Gasteiger partial charge is 0.496 e. The summed E-state index contributed by atoms with van der Waals surface area (Å²) in [6.45, 7) is 2.05. The van der Waals surface area contributed by atoms with E-state index >= 15 is 0 Å². The highest BCUT2D eigenvalue weighted by Crippen LogP contribution is 2.27. The highest BCUT2D eigenvalue weighted by atomic mass is 79.9. The number of methoxy groups -OCH3 is 1. The average molecular weight is 305 g/mol. The highest BCUT2D eigenvalue weighted by Gasteiger charge is 2.14. The van der Waals surface area contributed by atoms with E-state index < -0.39 is 5.82 Å². The van der Waals surface area contributed by atoms with Gasteiger partial charge in [0.05, 0.1) is 20.1 Å². The van der Waals surface area contributed by atoms with Gasteiger partial charge < -0.3 is 9.47 Å². The Morgan fingerprint density at radius 2 is 2.18 bits per heavy atom. The molecule has 0 atom stereocenters. The predicted molar refractivity (Wildman–Crippen MR) is 65.9 cm³/mol. The molecule has 0 aliphatic heterocycles. The van der Waals surface area contributed by atoms with E-state index in [9.17, 15) is 9.18 Å². The lowest BCUT2D eigenvalue weighted by molar-refractivity contribution is -0.142. The van der Waals surface area contributed by atoms with Crippen molar-refractivity contribution >= 4 is 21.9 Å². The Hall–Kier alpha value is -1.10. The molecule has 0 aromatic heterocycles. The number of hydrogen-bond acceptors (Lipinski definition) is 3. The van der Waals surface area contributed by atoms with Gasteiger partial charge in [-0.1, -0.05) is 15.9 Å². The molecule has 0 fully saturated rings. The summed E-state index contributed by atoms with van der Waals surface area (Å²) in [4.78, 5) is 11.4. The fourth-order valence-electron chi connectivity index (χ4n) is 1.52. The lowest BCUT2D eigenvalue weighted by Crippen LogP contribution is -2.10. The molecule has 0 heterocycles. The second kappa shape index (κ2) is 6.59. The Bertz CT molecular complexity index is 407. The molecule has 1 aromatic carbocycles.